The molecule has 0 radical (unpaired) electrons. The molecular weight excluding hydrogens is 246 g/mol. The minimum absolute atomic E-state index is 0.00936. The summed E-state index contributed by atoms with van der Waals surface area (Å²) >= 11 is 0. The molecule has 106 valence electrons. The first-order valence-corrected chi connectivity index (χ1v) is 6.81. The fourth-order valence-electron chi connectivity index (χ4n) is 2.95. The van der Waals surface area contributed by atoms with E-state index in [0.29, 0.717) is 25.9 Å². The van der Waals surface area contributed by atoms with Gasteiger partial charge in [-0.25, -0.2) is 0 Å². The molecule has 1 amide bonds. The van der Waals surface area contributed by atoms with E-state index in [1.165, 1.54) is 0 Å². The van der Waals surface area contributed by atoms with Crippen LogP contribution in [0.2, 0.25) is 0 Å². The molecule has 2 unspecified atom stereocenters. The summed E-state index contributed by atoms with van der Waals surface area (Å²) in [7, 11) is 0. The summed E-state index contributed by atoms with van der Waals surface area (Å²) in [4.78, 5) is 25.5. The Morgan fingerprint density at radius 1 is 1.11 bits per heavy atom. The molecule has 0 aromatic heterocycles. The highest BCUT2D eigenvalue weighted by molar-refractivity contribution is 5.85. The lowest BCUT2D eigenvalue weighted by atomic mass is 9.82. The van der Waals surface area contributed by atoms with Gasteiger partial charge in [0.05, 0.1) is 24.0 Å². The topological polar surface area (TPSA) is 66.8 Å². The SMILES string of the molecule is C[C@@H]1CN(C(=O)C2CC=CCC2C(=O)O)C[C@H](C)O1. The van der Waals surface area contributed by atoms with Crippen molar-refractivity contribution in [1.82, 2.24) is 4.90 Å². The summed E-state index contributed by atoms with van der Waals surface area (Å²) in [6, 6.07) is 0. The van der Waals surface area contributed by atoms with Crippen molar-refractivity contribution in [3.8, 4) is 0 Å². The number of amides is 1. The first-order chi connectivity index (χ1) is 8.99. The Hall–Kier alpha value is -1.36. The van der Waals surface area contributed by atoms with Gasteiger partial charge in [-0.3, -0.25) is 9.59 Å². The highest BCUT2D eigenvalue weighted by Gasteiger charge is 2.38. The van der Waals surface area contributed by atoms with Crippen molar-refractivity contribution in [2.75, 3.05) is 13.1 Å². The highest BCUT2D eigenvalue weighted by atomic mass is 16.5. The van der Waals surface area contributed by atoms with Gasteiger partial charge in [0.1, 0.15) is 0 Å². The van der Waals surface area contributed by atoms with Gasteiger partial charge in [-0.15, -0.1) is 0 Å². The Bertz CT molecular complexity index is 383. The van der Waals surface area contributed by atoms with Crippen molar-refractivity contribution < 1.29 is 19.4 Å². The molecule has 5 heteroatoms. The molecule has 2 aliphatic rings. The van der Waals surface area contributed by atoms with Gasteiger partial charge in [0.2, 0.25) is 5.91 Å². The molecule has 1 fully saturated rings. The summed E-state index contributed by atoms with van der Waals surface area (Å²) in [6.07, 6.45) is 4.75. The summed E-state index contributed by atoms with van der Waals surface area (Å²) in [5.41, 5.74) is 0. The monoisotopic (exact) mass is 267 g/mol. The standard InChI is InChI=1S/C14H21NO4/c1-9-7-15(8-10(2)19-9)13(16)11-5-3-4-6-12(11)14(17)18/h3-4,9-12H,5-8H2,1-2H3,(H,17,18)/t9-,10+,11?,12?. The number of aliphatic carboxylic acids is 1. The second kappa shape index (κ2) is 5.74. The number of carboxylic acid groups (broad SMARTS) is 1. The van der Waals surface area contributed by atoms with E-state index in [1.807, 2.05) is 26.0 Å². The molecule has 1 N–H and O–H groups in total. The molecule has 1 heterocycles. The molecule has 5 nitrogen and oxygen atoms in total. The molecule has 1 aliphatic heterocycles. The lowest BCUT2D eigenvalue weighted by Gasteiger charge is -2.38. The van der Waals surface area contributed by atoms with Gasteiger partial charge in [-0.1, -0.05) is 12.2 Å². The first-order valence-electron chi connectivity index (χ1n) is 6.81. The van der Waals surface area contributed by atoms with Crippen molar-refractivity contribution in [2.24, 2.45) is 11.8 Å². The smallest absolute Gasteiger partial charge is 0.307 e. The minimum atomic E-state index is -0.878. The van der Waals surface area contributed by atoms with Gasteiger partial charge in [-0.05, 0) is 26.7 Å². The van der Waals surface area contributed by atoms with E-state index in [0.717, 1.165) is 0 Å². The summed E-state index contributed by atoms with van der Waals surface area (Å²) in [6.45, 7) is 4.97. The van der Waals surface area contributed by atoms with E-state index < -0.39 is 17.8 Å². The van der Waals surface area contributed by atoms with Crippen LogP contribution in [0.15, 0.2) is 12.2 Å². The normalized spacial score (nSPS) is 35.2. The fourth-order valence-corrected chi connectivity index (χ4v) is 2.95. The van der Waals surface area contributed by atoms with Crippen LogP contribution in [-0.2, 0) is 14.3 Å². The molecule has 0 aromatic rings. The number of carbonyl (C=O) groups is 2. The zero-order valence-electron chi connectivity index (χ0n) is 11.4. The first kappa shape index (κ1) is 14.1. The molecule has 1 aliphatic carbocycles. The lowest BCUT2D eigenvalue weighted by molar-refractivity contribution is -0.156. The highest BCUT2D eigenvalue weighted by Crippen LogP contribution is 2.28. The van der Waals surface area contributed by atoms with Crippen LogP contribution < -0.4 is 0 Å². The largest absolute Gasteiger partial charge is 0.481 e. The zero-order valence-corrected chi connectivity index (χ0v) is 11.4. The number of hydrogen-bond donors (Lipinski definition) is 1. The maximum Gasteiger partial charge on any atom is 0.307 e. The number of hydrogen-bond acceptors (Lipinski definition) is 3. The van der Waals surface area contributed by atoms with E-state index in [9.17, 15) is 14.7 Å². The van der Waals surface area contributed by atoms with E-state index >= 15 is 0 Å². The van der Waals surface area contributed by atoms with E-state index in [1.54, 1.807) is 4.90 Å². The van der Waals surface area contributed by atoms with Gasteiger partial charge in [0.25, 0.3) is 0 Å². The quantitative estimate of drug-likeness (QED) is 0.766. The third-order valence-electron chi connectivity index (χ3n) is 3.80. The minimum Gasteiger partial charge on any atom is -0.481 e. The van der Waals surface area contributed by atoms with E-state index in [-0.39, 0.29) is 18.1 Å². The molecule has 0 bridgehead atoms. The predicted molar refractivity (Wildman–Crippen MR) is 69.6 cm³/mol. The molecular formula is C14H21NO4. The van der Waals surface area contributed by atoms with Crippen LogP contribution in [0.25, 0.3) is 0 Å². The lowest BCUT2D eigenvalue weighted by Crippen LogP contribution is -2.51. The number of carbonyl (C=O) groups excluding carboxylic acids is 1. The Morgan fingerprint density at radius 3 is 2.16 bits per heavy atom. The average molecular weight is 267 g/mol. The Kier molecular flexibility index (Phi) is 4.24. The fraction of sp³-hybridized carbons (Fsp3) is 0.714. The van der Waals surface area contributed by atoms with E-state index in [2.05, 4.69) is 0 Å². The summed E-state index contributed by atoms with van der Waals surface area (Å²) in [5, 5.41) is 9.23. The van der Waals surface area contributed by atoms with Crippen molar-refractivity contribution in [3.05, 3.63) is 12.2 Å². The molecule has 1 saturated heterocycles. The van der Waals surface area contributed by atoms with Crippen molar-refractivity contribution in [3.63, 3.8) is 0 Å². The van der Waals surface area contributed by atoms with Crippen LogP contribution in [0.5, 0.6) is 0 Å². The van der Waals surface area contributed by atoms with Gasteiger partial charge >= 0.3 is 5.97 Å². The maximum atomic E-state index is 12.5. The molecule has 0 saturated carbocycles. The third kappa shape index (κ3) is 3.15. The Morgan fingerprint density at radius 2 is 1.63 bits per heavy atom. The number of carboxylic acids is 1. The second-order valence-corrected chi connectivity index (χ2v) is 5.49. The zero-order chi connectivity index (χ0) is 14.0. The number of ether oxygens (including phenoxy) is 1. The number of nitrogens with zero attached hydrogens (tertiary/aromatic N) is 1. The van der Waals surface area contributed by atoms with Gasteiger partial charge in [0, 0.05) is 13.1 Å². The van der Waals surface area contributed by atoms with Crippen molar-refractivity contribution in [2.45, 2.75) is 38.9 Å². The number of allylic oxidation sites excluding steroid dienone is 2. The van der Waals surface area contributed by atoms with Gasteiger partial charge in [-0.2, -0.15) is 0 Å². The van der Waals surface area contributed by atoms with Crippen LogP contribution in [0.3, 0.4) is 0 Å². The molecule has 2 rings (SSSR count). The Labute approximate surface area is 113 Å². The predicted octanol–water partition coefficient (Wildman–Crippen LogP) is 1.29. The van der Waals surface area contributed by atoms with Gasteiger partial charge in [0.15, 0.2) is 0 Å². The number of rotatable bonds is 2. The molecule has 19 heavy (non-hydrogen) atoms. The van der Waals surface area contributed by atoms with Crippen LogP contribution in [0.1, 0.15) is 26.7 Å². The van der Waals surface area contributed by atoms with Crippen LogP contribution in [-0.4, -0.2) is 47.2 Å². The maximum absolute atomic E-state index is 12.5. The van der Waals surface area contributed by atoms with Crippen LogP contribution >= 0.6 is 0 Å². The third-order valence-corrected chi connectivity index (χ3v) is 3.80. The van der Waals surface area contributed by atoms with Crippen molar-refractivity contribution >= 4 is 11.9 Å². The Balaban J connectivity index is 2.09. The summed E-state index contributed by atoms with van der Waals surface area (Å²) < 4.78 is 5.60. The molecule has 4 atom stereocenters. The molecule has 0 aromatic carbocycles. The van der Waals surface area contributed by atoms with E-state index in [4.69, 9.17) is 4.74 Å². The average Bonchev–Trinajstić information content (AvgIpc) is 2.36. The van der Waals surface area contributed by atoms with Crippen LogP contribution in [0.4, 0.5) is 0 Å². The number of morpholine rings is 1. The van der Waals surface area contributed by atoms with Crippen LogP contribution in [0, 0.1) is 11.8 Å². The second-order valence-electron chi connectivity index (χ2n) is 5.49. The van der Waals surface area contributed by atoms with Crippen molar-refractivity contribution in [1.29, 1.82) is 0 Å². The summed E-state index contributed by atoms with van der Waals surface area (Å²) in [5.74, 6) is -1.94. The van der Waals surface area contributed by atoms with Gasteiger partial charge < -0.3 is 14.7 Å². The molecule has 0 spiro atoms.